The van der Waals surface area contributed by atoms with E-state index in [4.69, 9.17) is 16.3 Å². The molecule has 1 aliphatic rings. The third kappa shape index (κ3) is 4.19. The van der Waals surface area contributed by atoms with Crippen molar-refractivity contribution in [3.8, 4) is 22.6 Å². The van der Waals surface area contributed by atoms with Gasteiger partial charge in [-0.15, -0.1) is 0 Å². The normalized spacial score (nSPS) is 16.9. The molecule has 0 radical (unpaired) electrons. The molecule has 0 amide bonds. The standard InChI is InChI=1S/C21H18BrClFN3O4S/c1-31-21(28)18-3-2-8-27(18)32(29,30)19-10-13(4-6-15(19)23)20-25-11-17(26-20)12-5-7-16(24)14(22)9-12/h4-7,9-11,18H,2-3,8H2,1H3,(H,25,26)/t18-/m0/s1. The van der Waals surface area contributed by atoms with Crippen LogP contribution in [0.25, 0.3) is 22.6 Å². The Morgan fingerprint density at radius 2 is 2.03 bits per heavy atom. The molecule has 1 atom stereocenters. The smallest absolute Gasteiger partial charge is 0.324 e. The molecule has 1 fully saturated rings. The number of carbonyl (C=O) groups is 1. The number of benzene rings is 2. The number of aromatic amines is 1. The van der Waals surface area contributed by atoms with Gasteiger partial charge < -0.3 is 9.72 Å². The van der Waals surface area contributed by atoms with Gasteiger partial charge in [0.2, 0.25) is 10.0 Å². The minimum Gasteiger partial charge on any atom is -0.468 e. The summed E-state index contributed by atoms with van der Waals surface area (Å²) < 4.78 is 46.4. The largest absolute Gasteiger partial charge is 0.468 e. The number of rotatable bonds is 5. The molecule has 11 heteroatoms. The molecule has 0 spiro atoms. The van der Waals surface area contributed by atoms with Crippen molar-refractivity contribution >= 4 is 43.5 Å². The van der Waals surface area contributed by atoms with Crippen LogP contribution in [0.5, 0.6) is 0 Å². The van der Waals surface area contributed by atoms with Crippen molar-refractivity contribution in [3.05, 3.63) is 57.9 Å². The number of methoxy groups -OCH3 is 1. The Morgan fingerprint density at radius 3 is 2.75 bits per heavy atom. The first-order valence-electron chi connectivity index (χ1n) is 9.62. The monoisotopic (exact) mass is 541 g/mol. The SMILES string of the molecule is COC(=O)[C@@H]1CCCN1S(=O)(=O)c1cc(-c2ncc(-c3ccc(F)c(Br)c3)[nH]2)ccc1Cl. The Morgan fingerprint density at radius 1 is 1.28 bits per heavy atom. The first kappa shape index (κ1) is 22.9. The van der Waals surface area contributed by atoms with Gasteiger partial charge in [-0.3, -0.25) is 4.79 Å². The fourth-order valence-electron chi connectivity index (χ4n) is 3.65. The molecular formula is C21H18BrClFN3O4S. The maximum absolute atomic E-state index is 13.5. The third-order valence-corrected chi connectivity index (χ3v) is 8.27. The van der Waals surface area contributed by atoms with Gasteiger partial charge in [0.25, 0.3) is 0 Å². The van der Waals surface area contributed by atoms with E-state index in [1.165, 1.54) is 25.3 Å². The van der Waals surface area contributed by atoms with Crippen molar-refractivity contribution in [1.82, 2.24) is 14.3 Å². The minimum absolute atomic E-state index is 0.0403. The second-order valence-electron chi connectivity index (χ2n) is 7.22. The van der Waals surface area contributed by atoms with Crippen molar-refractivity contribution < 1.29 is 22.3 Å². The fourth-order valence-corrected chi connectivity index (χ4v) is 6.18. The van der Waals surface area contributed by atoms with Gasteiger partial charge in [-0.05, 0) is 65.2 Å². The van der Waals surface area contributed by atoms with Crippen LogP contribution in [0.2, 0.25) is 5.02 Å². The number of sulfonamides is 1. The number of hydrogen-bond donors (Lipinski definition) is 1. The molecule has 0 bridgehead atoms. The number of nitrogens with one attached hydrogen (secondary N) is 1. The van der Waals surface area contributed by atoms with E-state index in [-0.39, 0.29) is 22.3 Å². The van der Waals surface area contributed by atoms with Gasteiger partial charge in [0.05, 0.1) is 28.5 Å². The number of carbonyl (C=O) groups excluding carboxylic acids is 1. The maximum Gasteiger partial charge on any atom is 0.324 e. The summed E-state index contributed by atoms with van der Waals surface area (Å²) in [5.74, 6) is -0.563. The number of imidazole rings is 1. The number of nitrogens with zero attached hydrogens (tertiary/aromatic N) is 2. The Hall–Kier alpha value is -2.27. The first-order valence-corrected chi connectivity index (χ1v) is 12.2. The summed E-state index contributed by atoms with van der Waals surface area (Å²) in [5, 5.41) is 0.0403. The molecule has 1 N–H and O–H groups in total. The molecule has 0 unspecified atom stereocenters. The lowest BCUT2D eigenvalue weighted by molar-refractivity contribution is -0.144. The lowest BCUT2D eigenvalue weighted by Crippen LogP contribution is -2.41. The predicted octanol–water partition coefficient (Wildman–Crippen LogP) is 4.62. The fraction of sp³-hybridized carbons (Fsp3) is 0.238. The number of aromatic nitrogens is 2. The number of halogens is 3. The van der Waals surface area contributed by atoms with Crippen molar-refractivity contribution in [3.63, 3.8) is 0 Å². The van der Waals surface area contributed by atoms with Crippen LogP contribution < -0.4 is 0 Å². The average molecular weight is 543 g/mol. The number of H-pyrrole nitrogens is 1. The average Bonchev–Trinajstić information content (AvgIpc) is 3.46. The summed E-state index contributed by atoms with van der Waals surface area (Å²) in [4.78, 5) is 19.4. The van der Waals surface area contributed by atoms with Crippen LogP contribution in [0.15, 0.2) is 52.0 Å². The van der Waals surface area contributed by atoms with Crippen molar-refractivity contribution in [2.24, 2.45) is 0 Å². The summed E-state index contributed by atoms with van der Waals surface area (Å²) in [7, 11) is -2.82. The molecule has 4 rings (SSSR count). The highest BCUT2D eigenvalue weighted by molar-refractivity contribution is 9.10. The highest BCUT2D eigenvalue weighted by Gasteiger charge is 2.41. The molecule has 7 nitrogen and oxygen atoms in total. The maximum atomic E-state index is 13.5. The van der Waals surface area contributed by atoms with E-state index in [0.717, 1.165) is 4.31 Å². The summed E-state index contributed by atoms with van der Waals surface area (Å²) in [6.07, 6.45) is 2.51. The van der Waals surface area contributed by atoms with E-state index in [1.54, 1.807) is 24.4 Å². The van der Waals surface area contributed by atoms with Crippen molar-refractivity contribution in [2.75, 3.05) is 13.7 Å². The second-order valence-corrected chi connectivity index (χ2v) is 10.3. The summed E-state index contributed by atoms with van der Waals surface area (Å²) in [6.45, 7) is 0.201. The number of ether oxygens (including phenoxy) is 1. The van der Waals surface area contributed by atoms with Crippen LogP contribution in [0.4, 0.5) is 4.39 Å². The van der Waals surface area contributed by atoms with E-state index < -0.39 is 22.0 Å². The lowest BCUT2D eigenvalue weighted by atomic mass is 10.2. The van der Waals surface area contributed by atoms with Crippen LogP contribution in [0.3, 0.4) is 0 Å². The lowest BCUT2D eigenvalue weighted by Gasteiger charge is -2.22. The molecule has 168 valence electrons. The molecular weight excluding hydrogens is 525 g/mol. The predicted molar refractivity (Wildman–Crippen MR) is 121 cm³/mol. The molecule has 1 aromatic heterocycles. The zero-order chi connectivity index (χ0) is 23.0. The van der Waals surface area contributed by atoms with Gasteiger partial charge in [-0.25, -0.2) is 17.8 Å². The second kappa shape index (κ2) is 8.93. The molecule has 0 aliphatic carbocycles. The van der Waals surface area contributed by atoms with Crippen LogP contribution in [-0.2, 0) is 19.6 Å². The van der Waals surface area contributed by atoms with E-state index in [0.29, 0.717) is 40.0 Å². The first-order chi connectivity index (χ1) is 15.2. The summed E-state index contributed by atoms with van der Waals surface area (Å²) >= 11 is 9.41. The Kier molecular flexibility index (Phi) is 6.39. The molecule has 1 aliphatic heterocycles. The molecule has 2 aromatic carbocycles. The topological polar surface area (TPSA) is 92.4 Å². The van der Waals surface area contributed by atoms with Crippen LogP contribution in [0.1, 0.15) is 12.8 Å². The molecule has 2 heterocycles. The third-order valence-electron chi connectivity index (χ3n) is 5.27. The minimum atomic E-state index is -4.05. The van der Waals surface area contributed by atoms with Crippen LogP contribution in [0, 0.1) is 5.82 Å². The van der Waals surface area contributed by atoms with E-state index in [2.05, 4.69) is 25.9 Å². The molecule has 3 aromatic rings. The highest BCUT2D eigenvalue weighted by Crippen LogP contribution is 2.34. The number of esters is 1. The van der Waals surface area contributed by atoms with E-state index in [1.807, 2.05) is 0 Å². The highest BCUT2D eigenvalue weighted by atomic mass is 79.9. The number of hydrogen-bond acceptors (Lipinski definition) is 5. The van der Waals surface area contributed by atoms with Gasteiger partial charge in [-0.2, -0.15) is 4.31 Å². The van der Waals surface area contributed by atoms with Gasteiger partial charge in [-0.1, -0.05) is 11.6 Å². The summed E-state index contributed by atoms with van der Waals surface area (Å²) in [5.41, 5.74) is 1.83. The van der Waals surface area contributed by atoms with Gasteiger partial charge >= 0.3 is 5.97 Å². The van der Waals surface area contributed by atoms with E-state index >= 15 is 0 Å². The zero-order valence-electron chi connectivity index (χ0n) is 16.8. The molecule has 32 heavy (non-hydrogen) atoms. The van der Waals surface area contributed by atoms with Gasteiger partial charge in [0.1, 0.15) is 22.6 Å². The quantitative estimate of drug-likeness (QED) is 0.475. The van der Waals surface area contributed by atoms with E-state index in [9.17, 15) is 17.6 Å². The van der Waals surface area contributed by atoms with Crippen LogP contribution >= 0.6 is 27.5 Å². The summed E-state index contributed by atoms with van der Waals surface area (Å²) in [6, 6.07) is 8.22. The Balaban J connectivity index is 1.70. The van der Waals surface area contributed by atoms with Gasteiger partial charge in [0, 0.05) is 17.7 Å². The van der Waals surface area contributed by atoms with Gasteiger partial charge in [0.15, 0.2) is 0 Å². The van der Waals surface area contributed by atoms with Crippen molar-refractivity contribution in [1.29, 1.82) is 0 Å². The molecule has 0 saturated carbocycles. The van der Waals surface area contributed by atoms with Crippen molar-refractivity contribution in [2.45, 2.75) is 23.8 Å². The molecule has 1 saturated heterocycles. The zero-order valence-corrected chi connectivity index (χ0v) is 20.0. The van der Waals surface area contributed by atoms with Crippen LogP contribution in [-0.4, -0.2) is 48.4 Å². The Bertz CT molecular complexity index is 1300. The Labute approximate surface area is 197 Å².